The Bertz CT molecular complexity index is 451. The molecule has 2 N–H and O–H groups in total. The summed E-state index contributed by atoms with van der Waals surface area (Å²) in [6.07, 6.45) is -0.275. The van der Waals surface area contributed by atoms with Crippen LogP contribution in [0, 0.1) is 6.92 Å². The maximum Gasteiger partial charge on any atom is 0.303 e. The molecule has 0 aliphatic carbocycles. The molecule has 1 rings (SSSR count). The highest BCUT2D eigenvalue weighted by atomic mass is 16.4. The van der Waals surface area contributed by atoms with Crippen LogP contribution in [0.5, 0.6) is 0 Å². The van der Waals surface area contributed by atoms with Gasteiger partial charge in [0.25, 0.3) is 5.91 Å². The Morgan fingerprint density at radius 1 is 1.11 bits per heavy atom. The van der Waals surface area contributed by atoms with Gasteiger partial charge in [0, 0.05) is 12.0 Å². The average molecular weight is 249 g/mol. The van der Waals surface area contributed by atoms with Crippen LogP contribution in [0.25, 0.3) is 0 Å². The molecule has 1 amide bonds. The van der Waals surface area contributed by atoms with Gasteiger partial charge in [0.15, 0.2) is 5.78 Å². The summed E-state index contributed by atoms with van der Waals surface area (Å²) in [6.45, 7) is 1.77. The smallest absolute Gasteiger partial charge is 0.303 e. The molecule has 1 aromatic rings. The van der Waals surface area contributed by atoms with E-state index in [9.17, 15) is 14.4 Å². The SMILES string of the molecule is Cc1ccc(C(=O)NCC(=O)CCC(=O)O)cc1. The van der Waals surface area contributed by atoms with Gasteiger partial charge >= 0.3 is 5.97 Å². The van der Waals surface area contributed by atoms with Crippen molar-refractivity contribution in [2.24, 2.45) is 0 Å². The van der Waals surface area contributed by atoms with E-state index in [0.717, 1.165) is 5.56 Å². The van der Waals surface area contributed by atoms with Crippen molar-refractivity contribution in [2.45, 2.75) is 19.8 Å². The molecule has 0 aliphatic heterocycles. The summed E-state index contributed by atoms with van der Waals surface area (Å²) in [6, 6.07) is 6.96. The van der Waals surface area contributed by atoms with Gasteiger partial charge in [-0.3, -0.25) is 14.4 Å². The summed E-state index contributed by atoms with van der Waals surface area (Å²) in [4.78, 5) is 33.1. The number of aliphatic carboxylic acids is 1. The molecule has 0 unspecified atom stereocenters. The Morgan fingerprint density at radius 2 is 1.72 bits per heavy atom. The lowest BCUT2D eigenvalue weighted by Crippen LogP contribution is -2.29. The van der Waals surface area contributed by atoms with Crippen LogP contribution in [0.1, 0.15) is 28.8 Å². The standard InChI is InChI=1S/C13H15NO4/c1-9-2-4-10(5-3-9)13(18)14-8-11(15)6-7-12(16)17/h2-5H,6-8H2,1H3,(H,14,18)(H,16,17). The number of carboxylic acids is 1. The second-order valence-corrected chi connectivity index (χ2v) is 3.98. The van der Waals surface area contributed by atoms with Gasteiger partial charge in [0.05, 0.1) is 13.0 Å². The molecular weight excluding hydrogens is 234 g/mol. The number of benzene rings is 1. The molecule has 0 saturated carbocycles. The van der Waals surface area contributed by atoms with Gasteiger partial charge in [-0.2, -0.15) is 0 Å². The van der Waals surface area contributed by atoms with Gasteiger partial charge in [-0.05, 0) is 19.1 Å². The maximum absolute atomic E-state index is 11.6. The predicted octanol–water partition coefficient (Wildman–Crippen LogP) is 1.16. The van der Waals surface area contributed by atoms with Crippen molar-refractivity contribution in [1.29, 1.82) is 0 Å². The van der Waals surface area contributed by atoms with Crippen LogP contribution < -0.4 is 5.32 Å². The van der Waals surface area contributed by atoms with Crippen molar-refractivity contribution in [3.05, 3.63) is 35.4 Å². The number of aryl methyl sites for hydroxylation is 1. The number of ketones is 1. The first kappa shape index (κ1) is 13.9. The van der Waals surface area contributed by atoms with Crippen LogP contribution in [0.3, 0.4) is 0 Å². The third-order valence-electron chi connectivity index (χ3n) is 2.38. The van der Waals surface area contributed by atoms with Gasteiger partial charge < -0.3 is 10.4 Å². The number of carbonyl (C=O) groups excluding carboxylic acids is 2. The first-order chi connectivity index (χ1) is 8.49. The largest absolute Gasteiger partial charge is 0.481 e. The zero-order chi connectivity index (χ0) is 13.5. The Kier molecular flexibility index (Phi) is 5.05. The lowest BCUT2D eigenvalue weighted by Gasteiger charge is -2.04. The van der Waals surface area contributed by atoms with Crippen molar-refractivity contribution in [3.63, 3.8) is 0 Å². The van der Waals surface area contributed by atoms with Crippen molar-refractivity contribution >= 4 is 17.7 Å². The fourth-order valence-corrected chi connectivity index (χ4v) is 1.32. The Hall–Kier alpha value is -2.17. The minimum atomic E-state index is -1.02. The Labute approximate surface area is 105 Å². The van der Waals surface area contributed by atoms with Crippen LogP contribution in [0.15, 0.2) is 24.3 Å². The van der Waals surface area contributed by atoms with Crippen molar-refractivity contribution in [1.82, 2.24) is 5.32 Å². The van der Waals surface area contributed by atoms with E-state index in [0.29, 0.717) is 5.56 Å². The number of Topliss-reactive ketones (excluding diaryl/α,β-unsaturated/α-hetero) is 1. The summed E-state index contributed by atoms with van der Waals surface area (Å²) in [5, 5.41) is 10.9. The predicted molar refractivity (Wildman–Crippen MR) is 65.4 cm³/mol. The first-order valence-corrected chi connectivity index (χ1v) is 5.57. The fourth-order valence-electron chi connectivity index (χ4n) is 1.32. The molecule has 0 aliphatic rings. The molecule has 0 aromatic heterocycles. The van der Waals surface area contributed by atoms with E-state index < -0.39 is 5.97 Å². The van der Waals surface area contributed by atoms with Gasteiger partial charge in [-0.15, -0.1) is 0 Å². The van der Waals surface area contributed by atoms with Crippen molar-refractivity contribution < 1.29 is 19.5 Å². The molecule has 0 heterocycles. The lowest BCUT2D eigenvalue weighted by atomic mass is 10.1. The zero-order valence-electron chi connectivity index (χ0n) is 10.1. The normalized spacial score (nSPS) is 9.83. The van der Waals surface area contributed by atoms with Crippen molar-refractivity contribution in [3.8, 4) is 0 Å². The molecule has 0 bridgehead atoms. The van der Waals surface area contributed by atoms with Crippen LogP contribution >= 0.6 is 0 Å². The number of hydrogen-bond donors (Lipinski definition) is 2. The molecule has 5 nitrogen and oxygen atoms in total. The number of amides is 1. The third kappa shape index (κ3) is 4.78. The number of carboxylic acid groups (broad SMARTS) is 1. The Balaban J connectivity index is 2.39. The molecule has 0 atom stereocenters. The molecule has 5 heteroatoms. The van der Waals surface area contributed by atoms with E-state index in [-0.39, 0.29) is 31.1 Å². The van der Waals surface area contributed by atoms with Gasteiger partial charge in [0.1, 0.15) is 0 Å². The molecule has 1 aromatic carbocycles. The minimum Gasteiger partial charge on any atom is -0.481 e. The summed E-state index contributed by atoms with van der Waals surface area (Å²) < 4.78 is 0. The summed E-state index contributed by atoms with van der Waals surface area (Å²) in [7, 11) is 0. The topological polar surface area (TPSA) is 83.5 Å². The van der Waals surface area contributed by atoms with Gasteiger partial charge in [0.2, 0.25) is 0 Å². The quantitative estimate of drug-likeness (QED) is 0.792. The minimum absolute atomic E-state index is 0.0660. The number of carbonyl (C=O) groups is 3. The molecule has 0 saturated heterocycles. The summed E-state index contributed by atoms with van der Waals surface area (Å²) in [5.41, 5.74) is 1.52. The molecule has 0 spiro atoms. The van der Waals surface area contributed by atoms with Crippen LogP contribution in [-0.4, -0.2) is 29.3 Å². The Morgan fingerprint density at radius 3 is 2.28 bits per heavy atom. The highest BCUT2D eigenvalue weighted by Crippen LogP contribution is 2.02. The molecule has 0 radical (unpaired) electrons. The number of hydrogen-bond acceptors (Lipinski definition) is 3. The molecular formula is C13H15NO4. The van der Waals surface area contributed by atoms with E-state index in [1.807, 2.05) is 6.92 Å². The van der Waals surface area contributed by atoms with E-state index in [2.05, 4.69) is 5.32 Å². The molecule has 18 heavy (non-hydrogen) atoms. The zero-order valence-corrected chi connectivity index (χ0v) is 10.1. The fraction of sp³-hybridized carbons (Fsp3) is 0.308. The van der Waals surface area contributed by atoms with E-state index >= 15 is 0 Å². The second kappa shape index (κ2) is 6.54. The monoisotopic (exact) mass is 249 g/mol. The second-order valence-electron chi connectivity index (χ2n) is 3.98. The van der Waals surface area contributed by atoms with Crippen molar-refractivity contribution in [2.75, 3.05) is 6.54 Å². The highest BCUT2D eigenvalue weighted by molar-refractivity contribution is 5.97. The highest BCUT2D eigenvalue weighted by Gasteiger charge is 2.09. The summed E-state index contributed by atoms with van der Waals surface area (Å²) in [5.74, 6) is -1.65. The van der Waals surface area contributed by atoms with Gasteiger partial charge in [-0.1, -0.05) is 17.7 Å². The maximum atomic E-state index is 11.6. The first-order valence-electron chi connectivity index (χ1n) is 5.57. The van der Waals surface area contributed by atoms with Crippen LogP contribution in [-0.2, 0) is 9.59 Å². The third-order valence-corrected chi connectivity index (χ3v) is 2.38. The summed E-state index contributed by atoms with van der Waals surface area (Å²) >= 11 is 0. The van der Waals surface area contributed by atoms with E-state index in [1.54, 1.807) is 24.3 Å². The number of nitrogens with one attached hydrogen (secondary N) is 1. The lowest BCUT2D eigenvalue weighted by molar-refractivity contribution is -0.138. The average Bonchev–Trinajstić information content (AvgIpc) is 2.34. The van der Waals surface area contributed by atoms with Gasteiger partial charge in [-0.25, -0.2) is 0 Å². The molecule has 0 fully saturated rings. The molecule has 96 valence electrons. The van der Waals surface area contributed by atoms with Crippen LogP contribution in [0.2, 0.25) is 0 Å². The van der Waals surface area contributed by atoms with E-state index in [4.69, 9.17) is 5.11 Å². The van der Waals surface area contributed by atoms with Crippen LogP contribution in [0.4, 0.5) is 0 Å². The number of rotatable bonds is 6. The van der Waals surface area contributed by atoms with E-state index in [1.165, 1.54) is 0 Å².